The van der Waals surface area contributed by atoms with Crippen LogP contribution in [-0.2, 0) is 23.1 Å². The zero-order valence-corrected chi connectivity index (χ0v) is 14.0. The standard InChI is InChI=1S/C18H27N3O2/c1-19-8-7-15(14-19)13-17(22)20-9-11-21(12-10-20)18(23)16-5-3-2-4-6-16/h7-8,14,16H,2-6,9-13H2,1H3. The highest BCUT2D eigenvalue weighted by Gasteiger charge is 2.29. The van der Waals surface area contributed by atoms with E-state index < -0.39 is 0 Å². The molecule has 2 heterocycles. The van der Waals surface area contributed by atoms with Gasteiger partial charge in [0, 0.05) is 51.5 Å². The lowest BCUT2D eigenvalue weighted by Gasteiger charge is -2.37. The molecule has 1 aliphatic carbocycles. The summed E-state index contributed by atoms with van der Waals surface area (Å²) in [6.07, 6.45) is 10.1. The number of piperazine rings is 1. The molecule has 0 N–H and O–H groups in total. The first-order chi connectivity index (χ1) is 11.1. The van der Waals surface area contributed by atoms with Crippen LogP contribution in [0.25, 0.3) is 0 Å². The number of hydrogen-bond acceptors (Lipinski definition) is 2. The van der Waals surface area contributed by atoms with Gasteiger partial charge in [-0.15, -0.1) is 0 Å². The molecule has 1 aromatic rings. The second-order valence-electron chi connectivity index (χ2n) is 6.90. The van der Waals surface area contributed by atoms with Gasteiger partial charge in [-0.05, 0) is 24.5 Å². The summed E-state index contributed by atoms with van der Waals surface area (Å²) in [6, 6.07) is 1.99. The lowest BCUT2D eigenvalue weighted by Crippen LogP contribution is -2.52. The van der Waals surface area contributed by atoms with Crippen LogP contribution in [0.1, 0.15) is 37.7 Å². The van der Waals surface area contributed by atoms with Crippen LogP contribution in [0.5, 0.6) is 0 Å². The molecule has 23 heavy (non-hydrogen) atoms. The average molecular weight is 317 g/mol. The van der Waals surface area contributed by atoms with Crippen molar-refractivity contribution < 1.29 is 9.59 Å². The van der Waals surface area contributed by atoms with Crippen LogP contribution in [0.15, 0.2) is 18.5 Å². The molecule has 0 spiro atoms. The SMILES string of the molecule is Cn1ccc(CC(=O)N2CCN(C(=O)C3CCCCC3)CC2)c1. The van der Waals surface area contributed by atoms with Crippen LogP contribution in [-0.4, -0.2) is 52.4 Å². The van der Waals surface area contributed by atoms with Crippen molar-refractivity contribution in [3.63, 3.8) is 0 Å². The van der Waals surface area contributed by atoms with Gasteiger partial charge in [0.2, 0.25) is 11.8 Å². The minimum Gasteiger partial charge on any atom is -0.357 e. The predicted molar refractivity (Wildman–Crippen MR) is 88.9 cm³/mol. The number of carbonyl (C=O) groups excluding carboxylic acids is 2. The molecule has 126 valence electrons. The molecule has 0 bridgehead atoms. The van der Waals surface area contributed by atoms with Crippen molar-refractivity contribution in [2.75, 3.05) is 26.2 Å². The number of amides is 2. The summed E-state index contributed by atoms with van der Waals surface area (Å²) in [5.74, 6) is 0.719. The summed E-state index contributed by atoms with van der Waals surface area (Å²) in [5, 5.41) is 0. The average Bonchev–Trinajstić information content (AvgIpc) is 3.00. The molecule has 0 aromatic carbocycles. The maximum atomic E-state index is 12.5. The molecule has 2 fully saturated rings. The third-order valence-corrected chi connectivity index (χ3v) is 5.15. The van der Waals surface area contributed by atoms with E-state index in [1.54, 1.807) is 0 Å². The smallest absolute Gasteiger partial charge is 0.227 e. The molecule has 3 rings (SSSR count). The monoisotopic (exact) mass is 317 g/mol. The summed E-state index contributed by atoms with van der Waals surface area (Å²) >= 11 is 0. The lowest BCUT2D eigenvalue weighted by atomic mass is 9.88. The van der Waals surface area contributed by atoms with Gasteiger partial charge in [0.25, 0.3) is 0 Å². The largest absolute Gasteiger partial charge is 0.357 e. The van der Waals surface area contributed by atoms with E-state index in [1.807, 2.05) is 39.9 Å². The van der Waals surface area contributed by atoms with Gasteiger partial charge in [-0.1, -0.05) is 19.3 Å². The van der Waals surface area contributed by atoms with E-state index in [0.29, 0.717) is 38.5 Å². The van der Waals surface area contributed by atoms with Crippen LogP contribution in [0, 0.1) is 5.92 Å². The zero-order valence-electron chi connectivity index (χ0n) is 14.0. The van der Waals surface area contributed by atoms with Gasteiger partial charge in [-0.3, -0.25) is 9.59 Å². The second kappa shape index (κ2) is 7.20. The van der Waals surface area contributed by atoms with E-state index in [9.17, 15) is 9.59 Å². The molecule has 0 radical (unpaired) electrons. The van der Waals surface area contributed by atoms with E-state index >= 15 is 0 Å². The Balaban J connectivity index is 1.47. The molecular formula is C18H27N3O2. The van der Waals surface area contributed by atoms with Crippen LogP contribution in [0.3, 0.4) is 0 Å². The minimum absolute atomic E-state index is 0.168. The van der Waals surface area contributed by atoms with Gasteiger partial charge < -0.3 is 14.4 Å². The van der Waals surface area contributed by atoms with Crippen LogP contribution >= 0.6 is 0 Å². The molecule has 2 aliphatic rings. The Kier molecular flexibility index (Phi) is 5.03. The van der Waals surface area contributed by atoms with Gasteiger partial charge in [-0.2, -0.15) is 0 Å². The van der Waals surface area contributed by atoms with Crippen molar-refractivity contribution in [2.45, 2.75) is 38.5 Å². The second-order valence-corrected chi connectivity index (χ2v) is 6.90. The molecule has 1 saturated heterocycles. The Morgan fingerprint density at radius 3 is 2.30 bits per heavy atom. The van der Waals surface area contributed by atoms with Gasteiger partial charge in [0.15, 0.2) is 0 Å². The van der Waals surface area contributed by atoms with Crippen LogP contribution in [0.2, 0.25) is 0 Å². The molecular weight excluding hydrogens is 290 g/mol. The van der Waals surface area contributed by atoms with Crippen molar-refractivity contribution >= 4 is 11.8 Å². The third-order valence-electron chi connectivity index (χ3n) is 5.15. The molecule has 1 aliphatic heterocycles. The van der Waals surface area contributed by atoms with E-state index in [2.05, 4.69) is 0 Å². The maximum Gasteiger partial charge on any atom is 0.227 e. The maximum absolute atomic E-state index is 12.5. The predicted octanol–water partition coefficient (Wildman–Crippen LogP) is 1.82. The number of carbonyl (C=O) groups is 2. The minimum atomic E-state index is 0.168. The molecule has 5 nitrogen and oxygen atoms in total. The summed E-state index contributed by atoms with van der Waals surface area (Å²) in [6.45, 7) is 2.72. The van der Waals surface area contributed by atoms with E-state index in [-0.39, 0.29) is 11.8 Å². The van der Waals surface area contributed by atoms with Crippen molar-refractivity contribution in [3.05, 3.63) is 24.0 Å². The van der Waals surface area contributed by atoms with Crippen LogP contribution < -0.4 is 0 Å². The van der Waals surface area contributed by atoms with Crippen LogP contribution in [0.4, 0.5) is 0 Å². The van der Waals surface area contributed by atoms with Crippen molar-refractivity contribution in [1.82, 2.24) is 14.4 Å². The summed E-state index contributed by atoms with van der Waals surface area (Å²) < 4.78 is 1.96. The van der Waals surface area contributed by atoms with E-state index in [4.69, 9.17) is 0 Å². The van der Waals surface area contributed by atoms with Gasteiger partial charge in [-0.25, -0.2) is 0 Å². The fourth-order valence-electron chi connectivity index (χ4n) is 3.74. The first kappa shape index (κ1) is 16.1. The molecule has 0 unspecified atom stereocenters. The normalized spacial score (nSPS) is 19.9. The highest BCUT2D eigenvalue weighted by atomic mass is 16.2. The van der Waals surface area contributed by atoms with Gasteiger partial charge in [0.05, 0.1) is 6.42 Å². The first-order valence-corrected chi connectivity index (χ1v) is 8.81. The highest BCUT2D eigenvalue weighted by molar-refractivity contribution is 5.81. The molecule has 1 aromatic heterocycles. The number of hydrogen-bond donors (Lipinski definition) is 0. The number of aromatic nitrogens is 1. The number of rotatable bonds is 3. The van der Waals surface area contributed by atoms with Gasteiger partial charge >= 0.3 is 0 Å². The molecule has 1 saturated carbocycles. The topological polar surface area (TPSA) is 45.6 Å². The molecule has 0 atom stereocenters. The highest BCUT2D eigenvalue weighted by Crippen LogP contribution is 2.25. The zero-order chi connectivity index (χ0) is 16.2. The number of aryl methyl sites for hydroxylation is 1. The first-order valence-electron chi connectivity index (χ1n) is 8.81. The van der Waals surface area contributed by atoms with E-state index in [0.717, 1.165) is 18.4 Å². The van der Waals surface area contributed by atoms with E-state index in [1.165, 1.54) is 19.3 Å². The third kappa shape index (κ3) is 3.95. The number of nitrogens with zero attached hydrogens (tertiary/aromatic N) is 3. The lowest BCUT2D eigenvalue weighted by molar-refractivity contribution is -0.142. The van der Waals surface area contributed by atoms with Crippen molar-refractivity contribution in [3.8, 4) is 0 Å². The summed E-state index contributed by atoms with van der Waals surface area (Å²) in [5.41, 5.74) is 1.05. The van der Waals surface area contributed by atoms with Crippen molar-refractivity contribution in [1.29, 1.82) is 0 Å². The van der Waals surface area contributed by atoms with Gasteiger partial charge in [0.1, 0.15) is 0 Å². The fourth-order valence-corrected chi connectivity index (χ4v) is 3.74. The summed E-state index contributed by atoms with van der Waals surface area (Å²) in [4.78, 5) is 28.8. The Hall–Kier alpha value is -1.78. The Labute approximate surface area is 138 Å². The Morgan fingerprint density at radius 2 is 1.70 bits per heavy atom. The fraction of sp³-hybridized carbons (Fsp3) is 0.667. The Morgan fingerprint density at radius 1 is 1.04 bits per heavy atom. The Bertz CT molecular complexity index is 552. The summed E-state index contributed by atoms with van der Waals surface area (Å²) in [7, 11) is 1.96. The quantitative estimate of drug-likeness (QED) is 0.853. The van der Waals surface area contributed by atoms with Crippen molar-refractivity contribution in [2.24, 2.45) is 13.0 Å². The molecule has 5 heteroatoms. The molecule has 2 amide bonds.